The van der Waals surface area contributed by atoms with Crippen LogP contribution in [0, 0.1) is 11.6 Å². The zero-order chi connectivity index (χ0) is 11.0. The monoisotopic (exact) mass is 213 g/mol. The summed E-state index contributed by atoms with van der Waals surface area (Å²) in [5.74, 6) is -0.931. The van der Waals surface area contributed by atoms with Gasteiger partial charge in [-0.1, -0.05) is 0 Å². The predicted octanol–water partition coefficient (Wildman–Crippen LogP) is 2.18. The van der Waals surface area contributed by atoms with Crippen molar-refractivity contribution in [3.05, 3.63) is 29.3 Å². The molecule has 1 aliphatic rings. The molecular weight excluding hydrogens is 200 g/mol. The van der Waals surface area contributed by atoms with E-state index in [9.17, 15) is 8.78 Å². The molecule has 1 aromatic rings. The molecule has 0 unspecified atom stereocenters. The number of nitrogens with two attached hydrogens (primary N) is 1. The molecule has 1 aliphatic carbocycles. The third-order valence-corrected chi connectivity index (χ3v) is 2.89. The molecule has 15 heavy (non-hydrogen) atoms. The molecule has 0 atom stereocenters. The lowest BCUT2D eigenvalue weighted by Crippen LogP contribution is -2.35. The van der Waals surface area contributed by atoms with Gasteiger partial charge in [-0.25, -0.2) is 8.78 Å². The molecule has 0 radical (unpaired) electrons. The summed E-state index contributed by atoms with van der Waals surface area (Å²) in [5.41, 5.74) is 6.02. The zero-order valence-corrected chi connectivity index (χ0v) is 8.47. The molecule has 2 rings (SSSR count). The number of hydrogen-bond acceptors (Lipinski definition) is 2. The lowest BCUT2D eigenvalue weighted by molar-refractivity contribution is 0.336. The Bertz CT molecular complexity index is 375. The van der Waals surface area contributed by atoms with E-state index in [1.54, 1.807) is 0 Å². The second kappa shape index (κ2) is 3.77. The fraction of sp³-hybridized carbons (Fsp3) is 0.455. The Hall–Kier alpha value is -1.16. The fourth-order valence-corrected chi connectivity index (χ4v) is 1.93. The molecule has 82 valence electrons. The van der Waals surface area contributed by atoms with Crippen LogP contribution in [0.2, 0.25) is 0 Å². The molecular formula is C11H13F2NO. The van der Waals surface area contributed by atoms with E-state index in [1.807, 2.05) is 0 Å². The van der Waals surface area contributed by atoms with Crippen molar-refractivity contribution >= 4 is 0 Å². The molecule has 0 bridgehead atoms. The number of benzene rings is 1. The SMILES string of the molecule is COc1cc(F)c(C2CC(N)C2)cc1F. The minimum atomic E-state index is -0.519. The van der Waals surface area contributed by atoms with Gasteiger partial charge in [-0.15, -0.1) is 0 Å². The van der Waals surface area contributed by atoms with Gasteiger partial charge in [-0.3, -0.25) is 0 Å². The number of halogens is 2. The normalized spacial score (nSPS) is 24.8. The highest BCUT2D eigenvalue weighted by molar-refractivity contribution is 5.34. The first kappa shape index (κ1) is 10.4. The summed E-state index contributed by atoms with van der Waals surface area (Å²) in [6.07, 6.45) is 1.45. The van der Waals surface area contributed by atoms with Crippen LogP contribution in [0.1, 0.15) is 24.3 Å². The Kier molecular flexibility index (Phi) is 2.61. The van der Waals surface area contributed by atoms with Crippen molar-refractivity contribution in [2.45, 2.75) is 24.8 Å². The summed E-state index contributed by atoms with van der Waals surface area (Å²) in [7, 11) is 1.32. The van der Waals surface area contributed by atoms with E-state index >= 15 is 0 Å². The average molecular weight is 213 g/mol. The van der Waals surface area contributed by atoms with E-state index in [1.165, 1.54) is 13.2 Å². The molecule has 1 saturated carbocycles. The van der Waals surface area contributed by atoms with Crippen LogP contribution < -0.4 is 10.5 Å². The number of hydrogen-bond donors (Lipinski definition) is 1. The van der Waals surface area contributed by atoms with Crippen molar-refractivity contribution in [2.75, 3.05) is 7.11 Å². The third-order valence-electron chi connectivity index (χ3n) is 2.89. The smallest absolute Gasteiger partial charge is 0.165 e. The van der Waals surface area contributed by atoms with E-state index in [2.05, 4.69) is 0 Å². The maximum Gasteiger partial charge on any atom is 0.165 e. The molecule has 0 aromatic heterocycles. The van der Waals surface area contributed by atoms with Crippen molar-refractivity contribution in [1.29, 1.82) is 0 Å². The van der Waals surface area contributed by atoms with E-state index < -0.39 is 11.6 Å². The highest BCUT2D eigenvalue weighted by Crippen LogP contribution is 2.38. The van der Waals surface area contributed by atoms with Crippen LogP contribution in [0.3, 0.4) is 0 Å². The molecule has 2 nitrogen and oxygen atoms in total. The molecule has 1 aromatic carbocycles. The van der Waals surface area contributed by atoms with Crippen molar-refractivity contribution in [2.24, 2.45) is 5.73 Å². The Balaban J connectivity index is 2.29. The Morgan fingerprint density at radius 3 is 2.47 bits per heavy atom. The van der Waals surface area contributed by atoms with Gasteiger partial charge in [0.2, 0.25) is 0 Å². The number of methoxy groups -OCH3 is 1. The summed E-state index contributed by atoms with van der Waals surface area (Å²) in [6.45, 7) is 0. The van der Waals surface area contributed by atoms with E-state index in [-0.39, 0.29) is 17.7 Å². The topological polar surface area (TPSA) is 35.2 Å². The van der Waals surface area contributed by atoms with Gasteiger partial charge in [0.05, 0.1) is 7.11 Å². The van der Waals surface area contributed by atoms with Crippen molar-refractivity contribution in [1.82, 2.24) is 0 Å². The predicted molar refractivity (Wildman–Crippen MR) is 52.9 cm³/mol. The third kappa shape index (κ3) is 1.81. The molecule has 0 spiro atoms. The second-order valence-corrected chi connectivity index (χ2v) is 3.94. The molecule has 0 saturated heterocycles. The first-order valence-corrected chi connectivity index (χ1v) is 4.90. The van der Waals surface area contributed by atoms with Crippen molar-refractivity contribution < 1.29 is 13.5 Å². The molecule has 2 N–H and O–H groups in total. The van der Waals surface area contributed by atoms with Crippen LogP contribution in [0.25, 0.3) is 0 Å². The van der Waals surface area contributed by atoms with Crippen LogP contribution in [0.4, 0.5) is 8.78 Å². The van der Waals surface area contributed by atoms with Gasteiger partial charge in [0, 0.05) is 12.1 Å². The molecule has 0 heterocycles. The second-order valence-electron chi connectivity index (χ2n) is 3.94. The van der Waals surface area contributed by atoms with E-state index in [0.717, 1.165) is 18.9 Å². The summed E-state index contributed by atoms with van der Waals surface area (Å²) >= 11 is 0. The van der Waals surface area contributed by atoms with Crippen LogP contribution in [0.5, 0.6) is 5.75 Å². The summed E-state index contributed by atoms with van der Waals surface area (Å²) < 4.78 is 31.5. The zero-order valence-electron chi connectivity index (χ0n) is 8.47. The minimum absolute atomic E-state index is 0.0557. The summed E-state index contributed by atoms with van der Waals surface area (Å²) in [5, 5.41) is 0. The highest BCUT2D eigenvalue weighted by Gasteiger charge is 2.30. The van der Waals surface area contributed by atoms with E-state index in [0.29, 0.717) is 5.56 Å². The lowest BCUT2D eigenvalue weighted by atomic mass is 9.76. The van der Waals surface area contributed by atoms with Crippen LogP contribution >= 0.6 is 0 Å². The van der Waals surface area contributed by atoms with Gasteiger partial charge >= 0.3 is 0 Å². The quantitative estimate of drug-likeness (QED) is 0.817. The largest absolute Gasteiger partial charge is 0.494 e. The Morgan fingerprint density at radius 1 is 1.27 bits per heavy atom. The summed E-state index contributed by atoms with van der Waals surface area (Å²) in [6, 6.07) is 2.43. The minimum Gasteiger partial charge on any atom is -0.494 e. The lowest BCUT2D eigenvalue weighted by Gasteiger charge is -2.33. The van der Waals surface area contributed by atoms with Gasteiger partial charge in [0.1, 0.15) is 5.82 Å². The summed E-state index contributed by atoms with van der Waals surface area (Å²) in [4.78, 5) is 0. The highest BCUT2D eigenvalue weighted by atomic mass is 19.1. The van der Waals surface area contributed by atoms with Gasteiger partial charge in [0.25, 0.3) is 0 Å². The van der Waals surface area contributed by atoms with Gasteiger partial charge in [-0.05, 0) is 30.4 Å². The number of ether oxygens (including phenoxy) is 1. The maximum absolute atomic E-state index is 13.5. The van der Waals surface area contributed by atoms with Crippen LogP contribution in [-0.4, -0.2) is 13.2 Å². The molecule has 0 amide bonds. The molecule has 0 aliphatic heterocycles. The van der Waals surface area contributed by atoms with Crippen molar-refractivity contribution in [3.8, 4) is 5.75 Å². The fourth-order valence-electron chi connectivity index (χ4n) is 1.93. The molecule has 1 fully saturated rings. The van der Waals surface area contributed by atoms with Crippen LogP contribution in [0.15, 0.2) is 12.1 Å². The van der Waals surface area contributed by atoms with Gasteiger partial charge in [-0.2, -0.15) is 0 Å². The molecule has 4 heteroatoms. The number of rotatable bonds is 2. The first-order chi connectivity index (χ1) is 7.11. The van der Waals surface area contributed by atoms with E-state index in [4.69, 9.17) is 10.5 Å². The van der Waals surface area contributed by atoms with Gasteiger partial charge < -0.3 is 10.5 Å². The Labute approximate surface area is 87.0 Å². The Morgan fingerprint density at radius 2 is 1.93 bits per heavy atom. The van der Waals surface area contributed by atoms with Crippen LogP contribution in [-0.2, 0) is 0 Å². The standard InChI is InChI=1S/C11H13F2NO/c1-15-11-5-9(12)8(4-10(11)13)6-2-7(14)3-6/h4-7H,2-3,14H2,1H3. The van der Waals surface area contributed by atoms with Crippen molar-refractivity contribution in [3.63, 3.8) is 0 Å². The maximum atomic E-state index is 13.5. The first-order valence-electron chi connectivity index (χ1n) is 4.90. The average Bonchev–Trinajstić information content (AvgIpc) is 2.16. The van der Waals surface area contributed by atoms with Gasteiger partial charge in [0.15, 0.2) is 11.6 Å².